The summed E-state index contributed by atoms with van der Waals surface area (Å²) in [6, 6.07) is -0.550. The van der Waals surface area contributed by atoms with Gasteiger partial charge in [0.05, 0.1) is 18.6 Å². The lowest BCUT2D eigenvalue weighted by Crippen LogP contribution is -2.48. The summed E-state index contributed by atoms with van der Waals surface area (Å²) in [7, 11) is 0. The summed E-state index contributed by atoms with van der Waals surface area (Å²) < 4.78 is 0. The molecule has 1 aliphatic rings. The Hall–Kier alpha value is -2.38. The largest absolute Gasteiger partial charge is 0.349 e. The minimum absolute atomic E-state index is 0.173. The highest BCUT2D eigenvalue weighted by atomic mass is 16.2. The monoisotopic (exact) mass is 279 g/mol. The van der Waals surface area contributed by atoms with Crippen molar-refractivity contribution in [2.75, 3.05) is 6.54 Å². The first-order valence-electron chi connectivity index (χ1n) is 6.21. The number of imide groups is 1. The highest BCUT2D eigenvalue weighted by molar-refractivity contribution is 6.07. The van der Waals surface area contributed by atoms with Crippen molar-refractivity contribution in [3.05, 3.63) is 17.7 Å². The van der Waals surface area contributed by atoms with Gasteiger partial charge in [-0.05, 0) is 20.8 Å². The number of aromatic nitrogens is 2. The zero-order valence-corrected chi connectivity index (χ0v) is 11.6. The van der Waals surface area contributed by atoms with E-state index >= 15 is 0 Å². The summed E-state index contributed by atoms with van der Waals surface area (Å²) in [5.74, 6) is -0.747. The molecule has 0 saturated carbocycles. The average molecular weight is 279 g/mol. The third kappa shape index (κ3) is 2.49. The lowest BCUT2D eigenvalue weighted by molar-refractivity contribution is -0.127. The van der Waals surface area contributed by atoms with Crippen molar-refractivity contribution in [2.45, 2.75) is 32.9 Å². The number of urea groups is 1. The van der Waals surface area contributed by atoms with E-state index in [0.717, 1.165) is 11.4 Å². The topological polar surface area (TPSA) is 107 Å². The molecule has 1 fully saturated rings. The van der Waals surface area contributed by atoms with Crippen LogP contribution >= 0.6 is 0 Å². The highest BCUT2D eigenvalue weighted by Gasteiger charge is 2.46. The Balaban J connectivity index is 1.93. The van der Waals surface area contributed by atoms with Crippen molar-refractivity contribution in [1.82, 2.24) is 25.5 Å². The lowest BCUT2D eigenvalue weighted by Gasteiger charge is -2.27. The number of hydrogen-bond acceptors (Lipinski definition) is 4. The van der Waals surface area contributed by atoms with E-state index in [1.807, 2.05) is 6.92 Å². The quantitative estimate of drug-likeness (QED) is 0.656. The van der Waals surface area contributed by atoms with Crippen LogP contribution in [0.5, 0.6) is 0 Å². The van der Waals surface area contributed by atoms with Gasteiger partial charge in [0.2, 0.25) is 5.91 Å². The standard InChI is InChI=1S/C12H17N5O3/c1-7-8(15-6-14-7)4-13-9(18)5-17-11(20)16-10(19)12(17,2)3/h6H,4-5H2,1-3H3,(H,13,18)(H,14,15)(H,16,19,20). The number of carbonyl (C=O) groups is 3. The van der Waals surface area contributed by atoms with Crippen LogP contribution in [0.25, 0.3) is 0 Å². The molecular formula is C12H17N5O3. The Bertz CT molecular complexity index is 563. The Labute approximate surface area is 115 Å². The van der Waals surface area contributed by atoms with Gasteiger partial charge in [-0.25, -0.2) is 9.78 Å². The van der Waals surface area contributed by atoms with E-state index < -0.39 is 17.5 Å². The summed E-state index contributed by atoms with van der Waals surface area (Å²) in [4.78, 5) is 43.2. The number of H-pyrrole nitrogens is 1. The molecule has 20 heavy (non-hydrogen) atoms. The molecule has 0 aliphatic carbocycles. The van der Waals surface area contributed by atoms with Crippen LogP contribution in [0.4, 0.5) is 4.79 Å². The Kier molecular flexibility index (Phi) is 3.47. The lowest BCUT2D eigenvalue weighted by atomic mass is 10.0. The first-order valence-corrected chi connectivity index (χ1v) is 6.21. The number of carbonyl (C=O) groups excluding carboxylic acids is 3. The molecular weight excluding hydrogens is 262 g/mol. The van der Waals surface area contributed by atoms with Crippen LogP contribution in [0.15, 0.2) is 6.33 Å². The molecule has 0 spiro atoms. The molecule has 108 valence electrons. The molecule has 0 radical (unpaired) electrons. The van der Waals surface area contributed by atoms with Gasteiger partial charge in [-0.2, -0.15) is 0 Å². The summed E-state index contributed by atoms with van der Waals surface area (Å²) in [5, 5.41) is 4.86. The predicted octanol–water partition coefficient (Wildman–Crippen LogP) is -0.335. The molecule has 0 unspecified atom stereocenters. The van der Waals surface area contributed by atoms with Crippen LogP contribution in [0, 0.1) is 6.92 Å². The van der Waals surface area contributed by atoms with Crippen molar-refractivity contribution in [3.63, 3.8) is 0 Å². The van der Waals surface area contributed by atoms with E-state index in [0.29, 0.717) is 0 Å². The maximum absolute atomic E-state index is 11.9. The molecule has 3 N–H and O–H groups in total. The molecule has 8 heteroatoms. The third-order valence-electron chi connectivity index (χ3n) is 3.39. The van der Waals surface area contributed by atoms with E-state index in [1.165, 1.54) is 4.90 Å². The van der Waals surface area contributed by atoms with Gasteiger partial charge in [0, 0.05) is 5.69 Å². The predicted molar refractivity (Wildman–Crippen MR) is 69.5 cm³/mol. The van der Waals surface area contributed by atoms with Crippen LogP contribution in [-0.2, 0) is 16.1 Å². The number of hydrogen-bond donors (Lipinski definition) is 3. The number of aromatic amines is 1. The molecule has 0 bridgehead atoms. The van der Waals surface area contributed by atoms with E-state index in [2.05, 4.69) is 20.6 Å². The van der Waals surface area contributed by atoms with Crippen LogP contribution in [-0.4, -0.2) is 44.8 Å². The molecule has 1 aromatic rings. The maximum Gasteiger partial charge on any atom is 0.325 e. The fourth-order valence-corrected chi connectivity index (χ4v) is 1.91. The van der Waals surface area contributed by atoms with Crippen molar-refractivity contribution < 1.29 is 14.4 Å². The molecule has 8 nitrogen and oxygen atoms in total. The average Bonchev–Trinajstić information content (AvgIpc) is 2.85. The first-order chi connectivity index (χ1) is 9.32. The van der Waals surface area contributed by atoms with Crippen molar-refractivity contribution >= 4 is 17.8 Å². The third-order valence-corrected chi connectivity index (χ3v) is 3.39. The summed E-state index contributed by atoms with van der Waals surface area (Å²) >= 11 is 0. The zero-order valence-electron chi connectivity index (χ0n) is 11.6. The van der Waals surface area contributed by atoms with Crippen molar-refractivity contribution in [1.29, 1.82) is 0 Å². The van der Waals surface area contributed by atoms with Crippen LogP contribution < -0.4 is 10.6 Å². The second-order valence-corrected chi connectivity index (χ2v) is 5.16. The number of imidazole rings is 1. The van der Waals surface area contributed by atoms with E-state index in [1.54, 1.807) is 20.2 Å². The number of aryl methyl sites for hydroxylation is 1. The zero-order chi connectivity index (χ0) is 14.9. The van der Waals surface area contributed by atoms with Crippen molar-refractivity contribution in [2.24, 2.45) is 0 Å². The highest BCUT2D eigenvalue weighted by Crippen LogP contribution is 2.20. The van der Waals surface area contributed by atoms with E-state index in [-0.39, 0.29) is 19.0 Å². The number of rotatable bonds is 4. The molecule has 2 rings (SSSR count). The smallest absolute Gasteiger partial charge is 0.325 e. The number of amides is 4. The fraction of sp³-hybridized carbons (Fsp3) is 0.500. The van der Waals surface area contributed by atoms with Gasteiger partial charge in [0.25, 0.3) is 5.91 Å². The molecule has 2 heterocycles. The molecule has 0 atom stereocenters. The summed E-state index contributed by atoms with van der Waals surface area (Å²) in [5.41, 5.74) is 0.593. The van der Waals surface area contributed by atoms with E-state index in [4.69, 9.17) is 0 Å². The molecule has 0 aromatic carbocycles. The number of nitrogens with one attached hydrogen (secondary N) is 3. The van der Waals surface area contributed by atoms with Crippen LogP contribution in [0.1, 0.15) is 25.2 Å². The Morgan fingerprint density at radius 3 is 2.65 bits per heavy atom. The first kappa shape index (κ1) is 14.0. The maximum atomic E-state index is 11.9. The molecule has 1 aliphatic heterocycles. The van der Waals surface area contributed by atoms with Gasteiger partial charge in [-0.15, -0.1) is 0 Å². The van der Waals surface area contributed by atoms with Gasteiger partial charge in [-0.3, -0.25) is 14.9 Å². The minimum Gasteiger partial charge on any atom is -0.349 e. The van der Waals surface area contributed by atoms with Gasteiger partial charge < -0.3 is 15.2 Å². The normalized spacial score (nSPS) is 17.2. The van der Waals surface area contributed by atoms with Gasteiger partial charge in [0.15, 0.2) is 0 Å². The molecule has 4 amide bonds. The number of nitrogens with zero attached hydrogens (tertiary/aromatic N) is 2. The van der Waals surface area contributed by atoms with E-state index in [9.17, 15) is 14.4 Å². The van der Waals surface area contributed by atoms with Gasteiger partial charge >= 0.3 is 6.03 Å². The molecule has 1 aromatic heterocycles. The van der Waals surface area contributed by atoms with Crippen LogP contribution in [0.3, 0.4) is 0 Å². The van der Waals surface area contributed by atoms with Gasteiger partial charge in [0.1, 0.15) is 12.1 Å². The summed E-state index contributed by atoms with van der Waals surface area (Å²) in [6.07, 6.45) is 1.55. The van der Waals surface area contributed by atoms with Crippen molar-refractivity contribution in [3.8, 4) is 0 Å². The fourth-order valence-electron chi connectivity index (χ4n) is 1.91. The second-order valence-electron chi connectivity index (χ2n) is 5.16. The SMILES string of the molecule is Cc1[nH]cnc1CNC(=O)CN1C(=O)NC(=O)C1(C)C. The second kappa shape index (κ2) is 4.95. The van der Waals surface area contributed by atoms with Gasteiger partial charge in [-0.1, -0.05) is 0 Å². The Morgan fingerprint density at radius 1 is 1.45 bits per heavy atom. The minimum atomic E-state index is -1.02. The molecule has 1 saturated heterocycles. The Morgan fingerprint density at radius 2 is 2.15 bits per heavy atom. The van der Waals surface area contributed by atoms with Crippen LogP contribution in [0.2, 0.25) is 0 Å². The summed E-state index contributed by atoms with van der Waals surface area (Å²) in [6.45, 7) is 5.15.